The van der Waals surface area contributed by atoms with E-state index >= 15 is 0 Å². The number of sulfonamides is 1. The van der Waals surface area contributed by atoms with E-state index in [1.807, 2.05) is 13.0 Å². The Morgan fingerprint density at radius 1 is 1.21 bits per heavy atom. The summed E-state index contributed by atoms with van der Waals surface area (Å²) in [6.07, 6.45) is 1.61. The van der Waals surface area contributed by atoms with Gasteiger partial charge in [0, 0.05) is 18.4 Å². The van der Waals surface area contributed by atoms with Crippen molar-refractivity contribution >= 4 is 10.0 Å². The molecular formula is C13H14N2O3S. The van der Waals surface area contributed by atoms with Crippen LogP contribution in [0.25, 0.3) is 0 Å². The van der Waals surface area contributed by atoms with Crippen molar-refractivity contribution in [2.75, 3.05) is 0 Å². The molecule has 0 unspecified atom stereocenters. The second kappa shape index (κ2) is 5.38. The molecule has 2 N–H and O–H groups in total. The maximum Gasteiger partial charge on any atom is 0.244 e. The Bertz CT molecular complexity index is 667. The van der Waals surface area contributed by atoms with Gasteiger partial charge in [-0.25, -0.2) is 13.1 Å². The van der Waals surface area contributed by atoms with Gasteiger partial charge in [0.05, 0.1) is 0 Å². The molecule has 0 aliphatic carbocycles. The zero-order valence-corrected chi connectivity index (χ0v) is 11.2. The molecule has 0 fully saturated rings. The molecule has 0 saturated carbocycles. The maximum atomic E-state index is 12.0. The van der Waals surface area contributed by atoms with Gasteiger partial charge in [0.1, 0.15) is 10.6 Å². The van der Waals surface area contributed by atoms with E-state index in [1.165, 1.54) is 12.1 Å². The molecule has 6 heteroatoms. The molecule has 1 aromatic carbocycles. The Hall–Kier alpha value is -1.92. The highest BCUT2D eigenvalue weighted by atomic mass is 32.2. The molecule has 0 spiro atoms. The second-order valence-corrected chi connectivity index (χ2v) is 5.84. The lowest BCUT2D eigenvalue weighted by Crippen LogP contribution is -2.23. The highest BCUT2D eigenvalue weighted by molar-refractivity contribution is 7.89. The van der Waals surface area contributed by atoms with E-state index in [0.29, 0.717) is 0 Å². The van der Waals surface area contributed by atoms with Crippen molar-refractivity contribution in [1.29, 1.82) is 0 Å². The number of hydrogen-bond acceptors (Lipinski definition) is 4. The third-order valence-electron chi connectivity index (χ3n) is 2.59. The fourth-order valence-electron chi connectivity index (χ4n) is 1.54. The van der Waals surface area contributed by atoms with Crippen LogP contribution in [0.3, 0.4) is 0 Å². The zero-order chi connectivity index (χ0) is 13.9. The van der Waals surface area contributed by atoms with Crippen molar-refractivity contribution in [1.82, 2.24) is 9.71 Å². The summed E-state index contributed by atoms with van der Waals surface area (Å²) in [4.78, 5) is 3.96. The van der Waals surface area contributed by atoms with Crippen molar-refractivity contribution in [3.63, 3.8) is 0 Å². The minimum atomic E-state index is -3.73. The molecule has 0 bridgehead atoms. The predicted molar refractivity (Wildman–Crippen MR) is 71.1 cm³/mol. The van der Waals surface area contributed by atoms with Crippen LogP contribution in [0.5, 0.6) is 5.75 Å². The van der Waals surface area contributed by atoms with Gasteiger partial charge in [0.2, 0.25) is 10.0 Å². The summed E-state index contributed by atoms with van der Waals surface area (Å²) in [5.41, 5.74) is 1.62. The van der Waals surface area contributed by atoms with Crippen molar-refractivity contribution in [3.05, 3.63) is 53.9 Å². The van der Waals surface area contributed by atoms with Gasteiger partial charge >= 0.3 is 0 Å². The van der Waals surface area contributed by atoms with Gasteiger partial charge in [0.25, 0.3) is 0 Å². The van der Waals surface area contributed by atoms with Crippen LogP contribution in [-0.4, -0.2) is 18.5 Å². The third-order valence-corrected chi connectivity index (χ3v) is 4.04. The van der Waals surface area contributed by atoms with Crippen molar-refractivity contribution in [2.24, 2.45) is 0 Å². The van der Waals surface area contributed by atoms with Crippen LogP contribution in [0, 0.1) is 6.92 Å². The Kier molecular flexibility index (Phi) is 3.82. The smallest absolute Gasteiger partial charge is 0.244 e. The molecule has 0 radical (unpaired) electrons. The highest BCUT2D eigenvalue weighted by Gasteiger charge is 2.17. The molecule has 0 aliphatic rings. The number of phenolic OH excluding ortho intramolecular Hbond substituents is 1. The van der Waals surface area contributed by atoms with Crippen LogP contribution >= 0.6 is 0 Å². The molecule has 0 saturated heterocycles. The Morgan fingerprint density at radius 2 is 1.95 bits per heavy atom. The molecule has 0 atom stereocenters. The predicted octanol–water partition coefficient (Wildman–Crippen LogP) is 1.57. The molecule has 1 aromatic heterocycles. The van der Waals surface area contributed by atoms with Gasteiger partial charge in [0.15, 0.2) is 0 Å². The summed E-state index contributed by atoms with van der Waals surface area (Å²) in [7, 11) is -3.73. The third kappa shape index (κ3) is 3.30. The number of aromatic hydroxyl groups is 1. The number of aromatic nitrogens is 1. The summed E-state index contributed by atoms with van der Waals surface area (Å²) in [5, 5.41) is 9.55. The number of rotatable bonds is 4. The summed E-state index contributed by atoms with van der Waals surface area (Å²) >= 11 is 0. The monoisotopic (exact) mass is 278 g/mol. The molecular weight excluding hydrogens is 264 g/mol. The largest absolute Gasteiger partial charge is 0.507 e. The van der Waals surface area contributed by atoms with Crippen LogP contribution in [0.15, 0.2) is 47.5 Å². The lowest BCUT2D eigenvalue weighted by molar-refractivity contribution is 0.458. The molecule has 0 amide bonds. The number of para-hydroxylation sites is 1. The molecule has 2 aromatic rings. The van der Waals surface area contributed by atoms with Crippen molar-refractivity contribution in [2.45, 2.75) is 18.4 Å². The summed E-state index contributed by atoms with van der Waals surface area (Å²) < 4.78 is 26.4. The first-order chi connectivity index (χ1) is 8.99. The van der Waals surface area contributed by atoms with E-state index in [9.17, 15) is 13.5 Å². The fourth-order valence-corrected chi connectivity index (χ4v) is 2.66. The molecule has 0 aliphatic heterocycles. The SMILES string of the molecule is Cc1ccc(CNS(=O)(=O)c2ccccc2O)cn1. The van der Waals surface area contributed by atoms with Crippen LogP contribution in [0.4, 0.5) is 0 Å². The number of nitrogens with one attached hydrogen (secondary N) is 1. The first kappa shape index (κ1) is 13.5. The molecule has 2 rings (SSSR count). The topological polar surface area (TPSA) is 79.3 Å². The van der Waals surface area contributed by atoms with E-state index < -0.39 is 10.0 Å². The average Bonchev–Trinajstić information content (AvgIpc) is 2.38. The van der Waals surface area contributed by atoms with E-state index in [-0.39, 0.29) is 17.2 Å². The number of nitrogens with zero attached hydrogens (tertiary/aromatic N) is 1. The van der Waals surface area contributed by atoms with Gasteiger partial charge in [-0.1, -0.05) is 18.2 Å². The summed E-state index contributed by atoms with van der Waals surface area (Å²) in [6, 6.07) is 9.42. The van der Waals surface area contributed by atoms with Crippen LogP contribution in [0.1, 0.15) is 11.3 Å². The first-order valence-corrected chi connectivity index (χ1v) is 7.16. The van der Waals surface area contributed by atoms with Gasteiger partial charge in [-0.05, 0) is 30.7 Å². The lowest BCUT2D eigenvalue weighted by Gasteiger charge is -2.08. The fraction of sp³-hybridized carbons (Fsp3) is 0.154. The maximum absolute atomic E-state index is 12.0. The number of hydrogen-bond donors (Lipinski definition) is 2. The quantitative estimate of drug-likeness (QED) is 0.889. The van der Waals surface area contributed by atoms with Gasteiger partial charge in [-0.15, -0.1) is 0 Å². The molecule has 100 valence electrons. The van der Waals surface area contributed by atoms with Gasteiger partial charge in [-0.3, -0.25) is 4.98 Å². The summed E-state index contributed by atoms with van der Waals surface area (Å²) in [5.74, 6) is -0.267. The first-order valence-electron chi connectivity index (χ1n) is 5.68. The zero-order valence-electron chi connectivity index (χ0n) is 10.4. The van der Waals surface area contributed by atoms with E-state index in [0.717, 1.165) is 11.3 Å². The number of pyridine rings is 1. The van der Waals surface area contributed by atoms with Crippen LogP contribution in [-0.2, 0) is 16.6 Å². The molecule has 19 heavy (non-hydrogen) atoms. The Labute approximate surface area is 112 Å². The van der Waals surface area contributed by atoms with Crippen LogP contribution < -0.4 is 4.72 Å². The van der Waals surface area contributed by atoms with Gasteiger partial charge in [-0.2, -0.15) is 0 Å². The van der Waals surface area contributed by atoms with E-state index in [4.69, 9.17) is 0 Å². The normalized spacial score (nSPS) is 11.4. The van der Waals surface area contributed by atoms with Gasteiger partial charge < -0.3 is 5.11 Å². The highest BCUT2D eigenvalue weighted by Crippen LogP contribution is 2.21. The average molecular weight is 278 g/mol. The van der Waals surface area contributed by atoms with E-state index in [2.05, 4.69) is 9.71 Å². The second-order valence-electron chi connectivity index (χ2n) is 4.10. The number of aryl methyl sites for hydroxylation is 1. The standard InChI is InChI=1S/C13H14N2O3S/c1-10-6-7-11(8-14-10)9-15-19(17,18)13-5-3-2-4-12(13)16/h2-8,15-16H,9H2,1H3. The minimum absolute atomic E-state index is 0.129. The van der Waals surface area contributed by atoms with Crippen molar-refractivity contribution < 1.29 is 13.5 Å². The van der Waals surface area contributed by atoms with Crippen LogP contribution in [0.2, 0.25) is 0 Å². The number of benzene rings is 1. The molecule has 1 heterocycles. The Morgan fingerprint density at radius 3 is 2.58 bits per heavy atom. The van der Waals surface area contributed by atoms with E-state index in [1.54, 1.807) is 24.4 Å². The summed E-state index contributed by atoms with van der Waals surface area (Å²) in [6.45, 7) is 1.99. The van der Waals surface area contributed by atoms with Crippen molar-refractivity contribution in [3.8, 4) is 5.75 Å². The lowest BCUT2D eigenvalue weighted by atomic mass is 10.2. The number of phenols is 1. The Balaban J connectivity index is 2.14. The minimum Gasteiger partial charge on any atom is -0.507 e. The molecule has 5 nitrogen and oxygen atoms in total.